The average Bonchev–Trinajstić information content (AvgIpc) is 2.69. The van der Waals surface area contributed by atoms with Crippen molar-refractivity contribution in [3.8, 4) is 11.8 Å². The molecule has 0 saturated heterocycles. The van der Waals surface area contributed by atoms with Crippen LogP contribution in [0.25, 0.3) is 0 Å². The Bertz CT molecular complexity index is 568. The van der Waals surface area contributed by atoms with Crippen LogP contribution in [0.2, 0.25) is 0 Å². The van der Waals surface area contributed by atoms with Crippen LogP contribution < -0.4 is 0 Å². The van der Waals surface area contributed by atoms with E-state index in [4.69, 9.17) is 0 Å². The maximum absolute atomic E-state index is 12.8. The molecule has 2 N–H and O–H groups in total. The predicted molar refractivity (Wildman–Crippen MR) is 108 cm³/mol. The largest absolute Gasteiger partial charge is 0.392 e. The zero-order valence-electron chi connectivity index (χ0n) is 17.3. The smallest absolute Gasteiger partial charge is 0.142 e. The van der Waals surface area contributed by atoms with E-state index in [1.165, 1.54) is 38.5 Å². The number of rotatable bonds is 6. The predicted octanol–water partition coefficient (Wildman–Crippen LogP) is 4.49. The summed E-state index contributed by atoms with van der Waals surface area (Å²) in [6.07, 6.45) is 11.8. The molecule has 0 aliphatic heterocycles. The summed E-state index contributed by atoms with van der Waals surface area (Å²) in [6.45, 7) is 4.28. The Kier molecular flexibility index (Phi) is 7.03. The Hall–Kier alpha value is -0.850. The van der Waals surface area contributed by atoms with Crippen molar-refractivity contribution in [1.82, 2.24) is 0 Å². The van der Waals surface area contributed by atoms with Crippen molar-refractivity contribution in [2.75, 3.05) is 0 Å². The normalized spacial score (nSPS) is 37.7. The Morgan fingerprint density at radius 1 is 1.15 bits per heavy atom. The van der Waals surface area contributed by atoms with Crippen LogP contribution >= 0.6 is 0 Å². The molecule has 3 fully saturated rings. The van der Waals surface area contributed by atoms with Gasteiger partial charge in [0, 0.05) is 11.3 Å². The lowest BCUT2D eigenvalue weighted by Crippen LogP contribution is -2.63. The quantitative estimate of drug-likeness (QED) is 0.532. The van der Waals surface area contributed by atoms with Gasteiger partial charge in [-0.1, -0.05) is 70.6 Å². The van der Waals surface area contributed by atoms with Crippen LogP contribution in [0.5, 0.6) is 0 Å². The number of fused-ring (bicyclic) bond motifs is 1. The maximum atomic E-state index is 12.8. The topological polar surface area (TPSA) is 57.5 Å². The molecule has 0 spiro atoms. The second-order valence-electron chi connectivity index (χ2n) is 9.53. The number of hydrogen-bond acceptors (Lipinski definition) is 3. The molecule has 0 radical (unpaired) electrons. The zero-order chi connectivity index (χ0) is 19.4. The lowest BCUT2D eigenvalue weighted by molar-refractivity contribution is -0.172. The summed E-state index contributed by atoms with van der Waals surface area (Å²) in [6, 6.07) is 0. The van der Waals surface area contributed by atoms with Crippen LogP contribution in [0.15, 0.2) is 0 Å². The van der Waals surface area contributed by atoms with Crippen molar-refractivity contribution >= 4 is 5.78 Å². The fraction of sp³-hybridized carbons (Fsp3) is 0.875. The minimum atomic E-state index is -0.579. The number of ketones is 1. The van der Waals surface area contributed by atoms with E-state index in [-0.39, 0.29) is 29.1 Å². The van der Waals surface area contributed by atoms with Gasteiger partial charge in [-0.05, 0) is 43.9 Å². The second kappa shape index (κ2) is 9.10. The molecule has 3 nitrogen and oxygen atoms in total. The summed E-state index contributed by atoms with van der Waals surface area (Å²) < 4.78 is 0. The number of hydrogen-bond donors (Lipinski definition) is 2. The van der Waals surface area contributed by atoms with E-state index in [0.717, 1.165) is 32.1 Å². The summed E-state index contributed by atoms with van der Waals surface area (Å²) in [5.41, 5.74) is -0.302. The van der Waals surface area contributed by atoms with Gasteiger partial charge >= 0.3 is 0 Å². The number of aliphatic hydroxyl groups is 2. The summed E-state index contributed by atoms with van der Waals surface area (Å²) in [5.74, 6) is 7.13. The van der Waals surface area contributed by atoms with Gasteiger partial charge in [-0.25, -0.2) is 0 Å². The van der Waals surface area contributed by atoms with Gasteiger partial charge in [-0.2, -0.15) is 0 Å². The molecule has 27 heavy (non-hydrogen) atoms. The Morgan fingerprint density at radius 3 is 2.59 bits per heavy atom. The lowest BCUT2D eigenvalue weighted by atomic mass is 9.44. The number of carbonyl (C=O) groups excluding carboxylic acids is 1. The molecule has 3 rings (SSSR count). The van der Waals surface area contributed by atoms with Gasteiger partial charge in [0.2, 0.25) is 0 Å². The molecular weight excluding hydrogens is 336 g/mol. The number of carbonyl (C=O) groups is 1. The lowest BCUT2D eigenvalue weighted by Gasteiger charge is -2.58. The van der Waals surface area contributed by atoms with Gasteiger partial charge in [0.05, 0.1) is 12.0 Å². The first-order valence-electron chi connectivity index (χ1n) is 11.4. The molecule has 0 amide bonds. The van der Waals surface area contributed by atoms with E-state index < -0.39 is 12.2 Å². The van der Waals surface area contributed by atoms with Crippen molar-refractivity contribution in [1.29, 1.82) is 0 Å². The Morgan fingerprint density at radius 2 is 1.89 bits per heavy atom. The Labute approximate surface area is 165 Å². The third kappa shape index (κ3) is 4.28. The minimum Gasteiger partial charge on any atom is -0.392 e. The third-order valence-electron chi connectivity index (χ3n) is 7.69. The van der Waals surface area contributed by atoms with Gasteiger partial charge in [-0.15, -0.1) is 0 Å². The molecule has 6 atom stereocenters. The highest BCUT2D eigenvalue weighted by atomic mass is 16.3. The van der Waals surface area contributed by atoms with E-state index in [2.05, 4.69) is 25.7 Å². The molecule has 3 aliphatic rings. The monoisotopic (exact) mass is 374 g/mol. The van der Waals surface area contributed by atoms with Crippen LogP contribution in [0.4, 0.5) is 0 Å². The fourth-order valence-electron chi connectivity index (χ4n) is 5.94. The van der Waals surface area contributed by atoms with Crippen molar-refractivity contribution in [3.05, 3.63) is 0 Å². The van der Waals surface area contributed by atoms with Crippen LogP contribution in [-0.4, -0.2) is 28.2 Å². The molecule has 0 aromatic heterocycles. The number of aliphatic hydroxyl groups excluding tert-OH is 2. The van der Waals surface area contributed by atoms with Crippen LogP contribution in [-0.2, 0) is 4.79 Å². The second-order valence-corrected chi connectivity index (χ2v) is 9.53. The van der Waals surface area contributed by atoms with Gasteiger partial charge in [0.1, 0.15) is 11.9 Å². The number of Topliss-reactive ketones (excluding diaryl/α,β-unsaturated/α-hetero) is 1. The van der Waals surface area contributed by atoms with E-state index in [9.17, 15) is 15.0 Å². The van der Waals surface area contributed by atoms with Crippen molar-refractivity contribution < 1.29 is 15.0 Å². The van der Waals surface area contributed by atoms with Crippen LogP contribution in [0.1, 0.15) is 90.9 Å². The molecular formula is C24H38O3. The molecule has 152 valence electrons. The van der Waals surface area contributed by atoms with Gasteiger partial charge in [-0.3, -0.25) is 4.79 Å². The van der Waals surface area contributed by atoms with E-state index >= 15 is 0 Å². The van der Waals surface area contributed by atoms with Gasteiger partial charge in [0.25, 0.3) is 0 Å². The average molecular weight is 375 g/mol. The first kappa shape index (κ1) is 20.9. The van der Waals surface area contributed by atoms with Gasteiger partial charge < -0.3 is 10.2 Å². The molecule has 1 unspecified atom stereocenters. The maximum Gasteiger partial charge on any atom is 0.142 e. The molecule has 0 aromatic rings. The molecule has 0 bridgehead atoms. The molecule has 3 heteroatoms. The standard InChI is InChI=1S/C24H38O3/c1-3-4-5-9-12-19-22-18(21(26)15-16-24(22,2)23(19)27)13-14-20(25)17-10-7-6-8-11-17/h17-22,25-26H,3-12,15-16H2,1-2H3/t18-,19?,20-,21+,22-,24-/m1/s1. The third-order valence-corrected chi connectivity index (χ3v) is 7.69. The first-order valence-corrected chi connectivity index (χ1v) is 11.4. The van der Waals surface area contributed by atoms with E-state index in [1.807, 2.05) is 0 Å². The zero-order valence-corrected chi connectivity index (χ0v) is 17.3. The van der Waals surface area contributed by atoms with Crippen LogP contribution in [0, 0.1) is 40.9 Å². The summed E-state index contributed by atoms with van der Waals surface area (Å²) in [5, 5.41) is 21.2. The minimum absolute atomic E-state index is 0.0629. The summed E-state index contributed by atoms with van der Waals surface area (Å²) in [4.78, 5) is 12.8. The summed E-state index contributed by atoms with van der Waals surface area (Å²) >= 11 is 0. The van der Waals surface area contributed by atoms with Crippen molar-refractivity contribution in [2.24, 2.45) is 29.1 Å². The molecule has 3 saturated carbocycles. The fourth-order valence-corrected chi connectivity index (χ4v) is 5.94. The van der Waals surface area contributed by atoms with Crippen molar-refractivity contribution in [3.63, 3.8) is 0 Å². The van der Waals surface area contributed by atoms with E-state index in [0.29, 0.717) is 12.2 Å². The molecule has 3 aliphatic carbocycles. The highest BCUT2D eigenvalue weighted by Crippen LogP contribution is 2.59. The Balaban J connectivity index is 1.68. The SMILES string of the molecule is CCCCCCC1C(=O)[C@]2(C)CC[C@H](O)[C@@H](C#C[C@@H](O)C3CCCCC3)[C@H]12. The molecule has 0 aromatic carbocycles. The highest BCUT2D eigenvalue weighted by molar-refractivity contribution is 5.94. The highest BCUT2D eigenvalue weighted by Gasteiger charge is 2.63. The van der Waals surface area contributed by atoms with E-state index in [1.54, 1.807) is 0 Å². The van der Waals surface area contributed by atoms with Crippen LogP contribution in [0.3, 0.4) is 0 Å². The molecule has 0 heterocycles. The number of unbranched alkanes of at least 4 members (excludes halogenated alkanes) is 3. The first-order chi connectivity index (χ1) is 13.0. The van der Waals surface area contributed by atoms with Gasteiger partial charge in [0.15, 0.2) is 0 Å². The van der Waals surface area contributed by atoms with Crippen molar-refractivity contribution in [2.45, 2.75) is 103 Å². The summed E-state index contributed by atoms with van der Waals surface area (Å²) in [7, 11) is 0.